The van der Waals surface area contributed by atoms with Crippen molar-refractivity contribution in [2.45, 2.75) is 26.8 Å². The third-order valence-electron chi connectivity index (χ3n) is 3.52. The number of rotatable bonds is 2. The first-order valence-corrected chi connectivity index (χ1v) is 6.16. The number of H-pyrrole nitrogens is 1. The Kier molecular flexibility index (Phi) is 3.47. The lowest BCUT2D eigenvalue weighted by Crippen LogP contribution is -2.53. The number of hydrogen-bond acceptors (Lipinski definition) is 3. The summed E-state index contributed by atoms with van der Waals surface area (Å²) in [4.78, 5) is 16.6. The Labute approximate surface area is 102 Å². The van der Waals surface area contributed by atoms with E-state index in [0.717, 1.165) is 31.9 Å². The monoisotopic (exact) mass is 236 g/mol. The standard InChI is InChI=1S/C12H20N4O/c1-4-15-5-6-16(8-9(15)2)12(17)11-7-13-14-10(11)3/h7,9H,4-6,8H2,1-3H3,(H,13,14). The summed E-state index contributed by atoms with van der Waals surface area (Å²) in [6, 6.07) is 0.435. The van der Waals surface area contributed by atoms with Crippen LogP contribution in [0.4, 0.5) is 0 Å². The van der Waals surface area contributed by atoms with Crippen LogP contribution in [-0.2, 0) is 0 Å². The van der Waals surface area contributed by atoms with Crippen molar-refractivity contribution < 1.29 is 4.79 Å². The molecule has 1 amide bonds. The minimum Gasteiger partial charge on any atom is -0.336 e. The minimum absolute atomic E-state index is 0.0962. The van der Waals surface area contributed by atoms with Gasteiger partial charge in [-0.2, -0.15) is 5.10 Å². The molecule has 1 unspecified atom stereocenters. The van der Waals surface area contributed by atoms with Crippen molar-refractivity contribution >= 4 is 5.91 Å². The molecule has 1 saturated heterocycles. The molecule has 94 valence electrons. The highest BCUT2D eigenvalue weighted by Gasteiger charge is 2.27. The lowest BCUT2D eigenvalue weighted by Gasteiger charge is -2.39. The maximum Gasteiger partial charge on any atom is 0.257 e. The first-order valence-electron chi connectivity index (χ1n) is 6.16. The summed E-state index contributed by atoms with van der Waals surface area (Å²) in [5.74, 6) is 0.0962. The SMILES string of the molecule is CCN1CCN(C(=O)c2cn[nH]c2C)CC1C. The van der Waals surface area contributed by atoms with Gasteiger partial charge in [0.25, 0.3) is 5.91 Å². The molecule has 1 atom stereocenters. The maximum atomic E-state index is 12.3. The molecule has 0 radical (unpaired) electrons. The highest BCUT2D eigenvalue weighted by Crippen LogP contribution is 2.13. The first kappa shape index (κ1) is 12.1. The van der Waals surface area contributed by atoms with Crippen LogP contribution in [0.25, 0.3) is 0 Å². The Morgan fingerprint density at radius 1 is 1.59 bits per heavy atom. The summed E-state index contributed by atoms with van der Waals surface area (Å²) in [7, 11) is 0. The van der Waals surface area contributed by atoms with Gasteiger partial charge >= 0.3 is 0 Å². The zero-order valence-corrected chi connectivity index (χ0v) is 10.7. The van der Waals surface area contributed by atoms with Gasteiger partial charge < -0.3 is 4.90 Å². The molecule has 1 aliphatic heterocycles. The van der Waals surface area contributed by atoms with Gasteiger partial charge in [0.05, 0.1) is 11.8 Å². The van der Waals surface area contributed by atoms with E-state index in [1.807, 2.05) is 11.8 Å². The lowest BCUT2D eigenvalue weighted by molar-refractivity contribution is 0.0527. The van der Waals surface area contributed by atoms with E-state index in [4.69, 9.17) is 0 Å². The van der Waals surface area contributed by atoms with Gasteiger partial charge in [-0.3, -0.25) is 14.8 Å². The third kappa shape index (κ3) is 2.34. The number of carbonyl (C=O) groups is 1. The fourth-order valence-electron chi connectivity index (χ4n) is 2.39. The third-order valence-corrected chi connectivity index (χ3v) is 3.52. The summed E-state index contributed by atoms with van der Waals surface area (Å²) < 4.78 is 0. The Balaban J connectivity index is 2.05. The second-order valence-electron chi connectivity index (χ2n) is 4.64. The molecule has 1 aromatic rings. The van der Waals surface area contributed by atoms with Crippen LogP contribution in [0.1, 0.15) is 29.9 Å². The number of aromatic amines is 1. The predicted octanol–water partition coefficient (Wildman–Crippen LogP) is 0.884. The molecule has 1 aliphatic rings. The molecular weight excluding hydrogens is 216 g/mol. The highest BCUT2D eigenvalue weighted by atomic mass is 16.2. The van der Waals surface area contributed by atoms with E-state index in [1.165, 1.54) is 0 Å². The number of likely N-dealkylation sites (N-methyl/N-ethyl adjacent to an activating group) is 1. The van der Waals surface area contributed by atoms with Crippen LogP contribution in [-0.4, -0.2) is 58.1 Å². The highest BCUT2D eigenvalue weighted by molar-refractivity contribution is 5.95. The van der Waals surface area contributed by atoms with Crippen LogP contribution in [0.2, 0.25) is 0 Å². The van der Waals surface area contributed by atoms with Crippen LogP contribution >= 0.6 is 0 Å². The smallest absolute Gasteiger partial charge is 0.257 e. The lowest BCUT2D eigenvalue weighted by atomic mass is 10.1. The molecule has 17 heavy (non-hydrogen) atoms. The van der Waals surface area contributed by atoms with Crippen molar-refractivity contribution in [3.63, 3.8) is 0 Å². The summed E-state index contributed by atoms with van der Waals surface area (Å²) in [5.41, 5.74) is 1.54. The number of amides is 1. The topological polar surface area (TPSA) is 52.2 Å². The molecule has 0 aromatic carbocycles. The number of aromatic nitrogens is 2. The number of piperazine rings is 1. The predicted molar refractivity (Wildman–Crippen MR) is 65.9 cm³/mol. The number of hydrogen-bond donors (Lipinski definition) is 1. The first-order chi connectivity index (χ1) is 8.13. The number of nitrogens with zero attached hydrogens (tertiary/aromatic N) is 3. The van der Waals surface area contributed by atoms with E-state index in [9.17, 15) is 4.79 Å². The van der Waals surface area contributed by atoms with Gasteiger partial charge in [-0.25, -0.2) is 0 Å². The zero-order valence-electron chi connectivity index (χ0n) is 10.7. The Hall–Kier alpha value is -1.36. The van der Waals surface area contributed by atoms with Gasteiger partial charge in [0, 0.05) is 31.4 Å². The van der Waals surface area contributed by atoms with Gasteiger partial charge in [-0.1, -0.05) is 6.92 Å². The van der Waals surface area contributed by atoms with Crippen molar-refractivity contribution in [3.05, 3.63) is 17.5 Å². The number of aryl methyl sites for hydroxylation is 1. The van der Waals surface area contributed by atoms with Gasteiger partial charge in [0.2, 0.25) is 0 Å². The van der Waals surface area contributed by atoms with E-state index >= 15 is 0 Å². The van der Waals surface area contributed by atoms with E-state index < -0.39 is 0 Å². The average Bonchev–Trinajstić information content (AvgIpc) is 2.74. The normalized spacial score (nSPS) is 21.8. The van der Waals surface area contributed by atoms with Gasteiger partial charge in [0.15, 0.2) is 0 Å². The van der Waals surface area contributed by atoms with E-state index in [0.29, 0.717) is 11.6 Å². The summed E-state index contributed by atoms with van der Waals surface area (Å²) in [6.07, 6.45) is 1.62. The molecule has 2 heterocycles. The van der Waals surface area contributed by atoms with Crippen molar-refractivity contribution in [1.82, 2.24) is 20.0 Å². The van der Waals surface area contributed by atoms with Crippen LogP contribution in [0, 0.1) is 6.92 Å². The fourth-order valence-corrected chi connectivity index (χ4v) is 2.39. The molecule has 5 nitrogen and oxygen atoms in total. The summed E-state index contributed by atoms with van der Waals surface area (Å²) in [6.45, 7) is 9.83. The van der Waals surface area contributed by atoms with Gasteiger partial charge in [0.1, 0.15) is 0 Å². The number of carbonyl (C=O) groups excluding carboxylic acids is 1. The quantitative estimate of drug-likeness (QED) is 0.829. The van der Waals surface area contributed by atoms with Crippen molar-refractivity contribution in [3.8, 4) is 0 Å². The van der Waals surface area contributed by atoms with Crippen molar-refractivity contribution in [2.24, 2.45) is 0 Å². The molecule has 0 bridgehead atoms. The molecule has 5 heteroatoms. The van der Waals surface area contributed by atoms with Gasteiger partial charge in [-0.15, -0.1) is 0 Å². The van der Waals surface area contributed by atoms with E-state index in [-0.39, 0.29) is 5.91 Å². The number of nitrogens with one attached hydrogen (secondary N) is 1. The van der Waals surface area contributed by atoms with E-state index in [2.05, 4.69) is 28.9 Å². The fraction of sp³-hybridized carbons (Fsp3) is 0.667. The Morgan fingerprint density at radius 2 is 2.35 bits per heavy atom. The molecule has 0 aliphatic carbocycles. The largest absolute Gasteiger partial charge is 0.336 e. The second-order valence-corrected chi connectivity index (χ2v) is 4.64. The molecular formula is C12H20N4O. The summed E-state index contributed by atoms with van der Waals surface area (Å²) in [5, 5.41) is 6.72. The average molecular weight is 236 g/mol. The molecule has 0 spiro atoms. The Bertz CT molecular complexity index is 401. The van der Waals surface area contributed by atoms with Crippen LogP contribution in [0.15, 0.2) is 6.20 Å². The van der Waals surface area contributed by atoms with Gasteiger partial charge in [-0.05, 0) is 20.4 Å². The van der Waals surface area contributed by atoms with Crippen LogP contribution in [0.3, 0.4) is 0 Å². The van der Waals surface area contributed by atoms with Crippen LogP contribution in [0.5, 0.6) is 0 Å². The van der Waals surface area contributed by atoms with Crippen LogP contribution < -0.4 is 0 Å². The molecule has 1 aromatic heterocycles. The maximum absolute atomic E-state index is 12.3. The minimum atomic E-state index is 0.0962. The second kappa shape index (κ2) is 4.87. The van der Waals surface area contributed by atoms with Crippen molar-refractivity contribution in [1.29, 1.82) is 0 Å². The molecule has 1 N–H and O–H groups in total. The van der Waals surface area contributed by atoms with Crippen molar-refractivity contribution in [2.75, 3.05) is 26.2 Å². The molecule has 2 rings (SSSR count). The molecule has 0 saturated carbocycles. The zero-order chi connectivity index (χ0) is 12.4. The molecule has 1 fully saturated rings. The summed E-state index contributed by atoms with van der Waals surface area (Å²) >= 11 is 0. The Morgan fingerprint density at radius 3 is 2.88 bits per heavy atom. The van der Waals surface area contributed by atoms with E-state index in [1.54, 1.807) is 6.20 Å².